The number of carbonyl (C=O) groups excluding carboxylic acids is 3. The van der Waals surface area contributed by atoms with Gasteiger partial charge in [0, 0.05) is 24.4 Å². The minimum Gasteiger partial charge on any atom is -0.345 e. The monoisotopic (exact) mass is 472 g/mol. The molecule has 0 bridgehead atoms. The summed E-state index contributed by atoms with van der Waals surface area (Å²) >= 11 is 0. The Morgan fingerprint density at radius 3 is 2.09 bits per heavy atom. The van der Waals surface area contributed by atoms with Crippen LogP contribution in [0.1, 0.15) is 107 Å². The molecule has 0 radical (unpaired) electrons. The highest BCUT2D eigenvalue weighted by Gasteiger charge is 2.47. The maximum atomic E-state index is 15.0. The van der Waals surface area contributed by atoms with Gasteiger partial charge in [-0.05, 0) is 43.2 Å². The maximum absolute atomic E-state index is 15.0. The van der Waals surface area contributed by atoms with Crippen LogP contribution in [-0.2, 0) is 9.59 Å². The molecule has 1 aliphatic heterocycles. The van der Waals surface area contributed by atoms with Gasteiger partial charge in [0.25, 0.3) is 5.91 Å². The molecular formula is C28H41FN2O3. The van der Waals surface area contributed by atoms with Gasteiger partial charge in [-0.3, -0.25) is 14.4 Å². The average molecular weight is 473 g/mol. The Morgan fingerprint density at radius 2 is 1.59 bits per heavy atom. The number of hydrogen-bond donors (Lipinski definition) is 1. The summed E-state index contributed by atoms with van der Waals surface area (Å²) in [6.45, 7) is 6.68. The molecule has 0 atom stereocenters. The van der Waals surface area contributed by atoms with Crippen LogP contribution in [0.15, 0.2) is 18.2 Å². The minimum absolute atomic E-state index is 0.0129. The number of rotatable bonds is 6. The Morgan fingerprint density at radius 1 is 1.03 bits per heavy atom. The maximum Gasteiger partial charge on any atom is 0.254 e. The molecule has 1 aromatic carbocycles. The highest BCUT2D eigenvalue weighted by molar-refractivity contribution is 5.97. The molecule has 1 N–H and O–H groups in total. The average Bonchev–Trinajstić information content (AvgIpc) is 3.62. The quantitative estimate of drug-likeness (QED) is 0.584. The first-order chi connectivity index (χ1) is 16.2. The van der Waals surface area contributed by atoms with Crippen molar-refractivity contribution in [3.63, 3.8) is 0 Å². The number of nitrogens with one attached hydrogen (secondary N) is 1. The van der Waals surface area contributed by atoms with Crippen LogP contribution in [0, 0.1) is 17.2 Å². The van der Waals surface area contributed by atoms with Crippen molar-refractivity contribution in [2.24, 2.45) is 11.3 Å². The number of ketones is 1. The van der Waals surface area contributed by atoms with E-state index >= 15 is 4.39 Å². The smallest absolute Gasteiger partial charge is 0.254 e. The minimum atomic E-state index is -0.567. The molecule has 1 aromatic rings. The SMILES string of the molecule is C1CCCCC1.CC(C)C(=O)CNC(=O)c1cccc(C2CCN(C(=O)C3(C)CC3)CC2)c1F. The van der Waals surface area contributed by atoms with Gasteiger partial charge in [-0.2, -0.15) is 0 Å². The third kappa shape index (κ3) is 6.89. The number of halogens is 1. The number of likely N-dealkylation sites (tertiary alicyclic amines) is 1. The molecule has 0 spiro atoms. The van der Waals surface area contributed by atoms with Crippen molar-refractivity contribution < 1.29 is 18.8 Å². The second-order valence-corrected chi connectivity index (χ2v) is 10.8. The van der Waals surface area contributed by atoms with E-state index in [1.807, 2.05) is 11.8 Å². The number of hydrogen-bond acceptors (Lipinski definition) is 3. The fraction of sp³-hybridized carbons (Fsp3) is 0.679. The van der Waals surface area contributed by atoms with Gasteiger partial charge < -0.3 is 10.2 Å². The predicted octanol–water partition coefficient (Wildman–Crippen LogP) is 5.63. The van der Waals surface area contributed by atoms with Gasteiger partial charge in [-0.25, -0.2) is 4.39 Å². The van der Waals surface area contributed by atoms with E-state index in [0.717, 1.165) is 12.8 Å². The second-order valence-electron chi connectivity index (χ2n) is 10.8. The first kappa shape index (κ1) is 26.4. The number of nitrogens with zero attached hydrogens (tertiary/aromatic N) is 1. The Balaban J connectivity index is 0.000000469. The van der Waals surface area contributed by atoms with E-state index in [1.165, 1.54) is 44.6 Å². The number of Topliss-reactive ketones (excluding diaryl/α,β-unsaturated/α-hetero) is 1. The predicted molar refractivity (Wildman–Crippen MR) is 132 cm³/mol. The third-order valence-corrected chi connectivity index (χ3v) is 7.58. The Labute approximate surface area is 203 Å². The zero-order valence-corrected chi connectivity index (χ0v) is 21.1. The first-order valence-electron chi connectivity index (χ1n) is 13.1. The van der Waals surface area contributed by atoms with Crippen LogP contribution in [0.5, 0.6) is 0 Å². The first-order valence-corrected chi connectivity index (χ1v) is 13.1. The van der Waals surface area contributed by atoms with Gasteiger partial charge in [-0.15, -0.1) is 0 Å². The molecule has 188 valence electrons. The zero-order chi connectivity index (χ0) is 24.7. The van der Waals surface area contributed by atoms with Gasteiger partial charge in [-0.1, -0.05) is 71.4 Å². The Hall–Kier alpha value is -2.24. The normalized spacial score (nSPS) is 19.7. The largest absolute Gasteiger partial charge is 0.345 e. The van der Waals surface area contributed by atoms with Crippen molar-refractivity contribution in [2.75, 3.05) is 19.6 Å². The summed E-state index contributed by atoms with van der Waals surface area (Å²) in [6.07, 6.45) is 12.3. The molecule has 1 saturated heterocycles. The zero-order valence-electron chi connectivity index (χ0n) is 21.1. The van der Waals surface area contributed by atoms with Gasteiger partial charge in [0.15, 0.2) is 5.78 Å². The number of amides is 2. The van der Waals surface area contributed by atoms with E-state index in [1.54, 1.807) is 26.0 Å². The Kier molecular flexibility index (Phi) is 9.26. The summed E-state index contributed by atoms with van der Waals surface area (Å²) in [6, 6.07) is 4.84. The molecule has 1 heterocycles. The lowest BCUT2D eigenvalue weighted by Crippen LogP contribution is -2.41. The van der Waals surface area contributed by atoms with Crippen molar-refractivity contribution in [2.45, 2.75) is 90.9 Å². The van der Waals surface area contributed by atoms with Crippen LogP contribution in [0.25, 0.3) is 0 Å². The standard InChI is InChI=1S/C22H29FN2O3.C6H12/c1-14(2)18(26)13-24-20(27)17-6-4-5-16(19(17)23)15-7-11-25(12-8-15)21(28)22(3)9-10-22;1-2-4-6-5-3-1/h4-6,14-15H,7-13H2,1-3H3,(H,24,27);1-6H2. The highest BCUT2D eigenvalue weighted by Crippen LogP contribution is 2.47. The van der Waals surface area contributed by atoms with Crippen molar-refractivity contribution in [1.29, 1.82) is 0 Å². The summed E-state index contributed by atoms with van der Waals surface area (Å²) < 4.78 is 15.0. The van der Waals surface area contributed by atoms with Crippen LogP contribution >= 0.6 is 0 Å². The summed E-state index contributed by atoms with van der Waals surface area (Å²) in [5.41, 5.74) is 0.314. The fourth-order valence-corrected chi connectivity index (χ4v) is 4.74. The lowest BCUT2D eigenvalue weighted by atomic mass is 9.87. The fourth-order valence-electron chi connectivity index (χ4n) is 4.74. The van der Waals surface area contributed by atoms with Gasteiger partial charge in [0.2, 0.25) is 5.91 Å². The number of piperidine rings is 1. The second kappa shape index (κ2) is 11.9. The molecule has 34 heavy (non-hydrogen) atoms. The van der Waals surface area contributed by atoms with Gasteiger partial charge >= 0.3 is 0 Å². The van der Waals surface area contributed by atoms with Gasteiger partial charge in [0.1, 0.15) is 5.82 Å². The van der Waals surface area contributed by atoms with E-state index < -0.39 is 11.7 Å². The summed E-state index contributed by atoms with van der Waals surface area (Å²) in [7, 11) is 0. The van der Waals surface area contributed by atoms with Crippen LogP contribution in [-0.4, -0.2) is 42.1 Å². The number of carbonyl (C=O) groups is 3. The lowest BCUT2D eigenvalue weighted by molar-refractivity contribution is -0.137. The lowest BCUT2D eigenvalue weighted by Gasteiger charge is -2.34. The van der Waals surface area contributed by atoms with Crippen LogP contribution in [0.3, 0.4) is 0 Å². The molecular weight excluding hydrogens is 431 g/mol. The van der Waals surface area contributed by atoms with E-state index in [4.69, 9.17) is 0 Å². The van der Waals surface area contributed by atoms with Crippen molar-refractivity contribution >= 4 is 17.6 Å². The van der Waals surface area contributed by atoms with E-state index in [0.29, 0.717) is 31.5 Å². The molecule has 3 aliphatic rings. The molecule has 2 amide bonds. The van der Waals surface area contributed by atoms with Gasteiger partial charge in [0.05, 0.1) is 12.1 Å². The van der Waals surface area contributed by atoms with Crippen molar-refractivity contribution in [3.8, 4) is 0 Å². The van der Waals surface area contributed by atoms with Crippen LogP contribution < -0.4 is 5.32 Å². The molecule has 6 heteroatoms. The third-order valence-electron chi connectivity index (χ3n) is 7.58. The topological polar surface area (TPSA) is 66.5 Å². The molecule has 0 unspecified atom stereocenters. The molecule has 4 rings (SSSR count). The van der Waals surface area contributed by atoms with E-state index in [9.17, 15) is 14.4 Å². The molecule has 2 saturated carbocycles. The molecule has 2 aliphatic carbocycles. The summed E-state index contributed by atoms with van der Waals surface area (Å²) in [5, 5.41) is 2.52. The van der Waals surface area contributed by atoms with Crippen LogP contribution in [0.4, 0.5) is 4.39 Å². The van der Waals surface area contributed by atoms with E-state index in [-0.39, 0.29) is 41.0 Å². The van der Waals surface area contributed by atoms with E-state index in [2.05, 4.69) is 5.32 Å². The summed E-state index contributed by atoms with van der Waals surface area (Å²) in [4.78, 5) is 38.4. The molecule has 3 fully saturated rings. The molecule has 0 aromatic heterocycles. The number of benzene rings is 1. The van der Waals surface area contributed by atoms with Crippen molar-refractivity contribution in [1.82, 2.24) is 10.2 Å². The summed E-state index contributed by atoms with van der Waals surface area (Å²) in [5.74, 6) is -1.15. The Bertz CT molecular complexity index is 855. The molecule has 5 nitrogen and oxygen atoms in total. The van der Waals surface area contributed by atoms with Crippen molar-refractivity contribution in [3.05, 3.63) is 35.1 Å². The van der Waals surface area contributed by atoms with Crippen LogP contribution in [0.2, 0.25) is 0 Å². The highest BCUT2D eigenvalue weighted by atomic mass is 19.1.